The van der Waals surface area contributed by atoms with Gasteiger partial charge in [0, 0.05) is 11.3 Å². The van der Waals surface area contributed by atoms with Crippen molar-refractivity contribution in [1.29, 1.82) is 0 Å². The normalized spacial score (nSPS) is 11.3. The summed E-state index contributed by atoms with van der Waals surface area (Å²) in [4.78, 5) is 23.6. The van der Waals surface area contributed by atoms with Gasteiger partial charge in [0.05, 0.1) is 31.3 Å². The molecule has 2 rings (SSSR count). The molecule has 2 aromatic rings. The smallest absolute Gasteiger partial charge is 0.337 e. The molecule has 1 aromatic carbocycles. The van der Waals surface area contributed by atoms with E-state index in [9.17, 15) is 9.59 Å². The molecule has 0 aliphatic heterocycles. The Morgan fingerprint density at radius 3 is 2.27 bits per heavy atom. The van der Waals surface area contributed by atoms with E-state index in [-0.39, 0.29) is 18.4 Å². The maximum absolute atomic E-state index is 12.1. The summed E-state index contributed by atoms with van der Waals surface area (Å²) >= 11 is 0. The molecule has 0 N–H and O–H groups in total. The fourth-order valence-corrected chi connectivity index (χ4v) is 2.70. The molecule has 140 valence electrons. The Bertz CT molecular complexity index is 798. The summed E-state index contributed by atoms with van der Waals surface area (Å²) in [6.45, 7) is 9.96. The number of carbonyl (C=O) groups is 2. The fraction of sp³-hybridized carbons (Fsp3) is 0.450. The highest BCUT2D eigenvalue weighted by Gasteiger charge is 2.20. The third-order valence-electron chi connectivity index (χ3n) is 3.98. The molecule has 6 nitrogen and oxygen atoms in total. The van der Waals surface area contributed by atoms with E-state index >= 15 is 0 Å². The zero-order valence-corrected chi connectivity index (χ0v) is 16.3. The summed E-state index contributed by atoms with van der Waals surface area (Å²) in [6, 6.07) is 7.20. The van der Waals surface area contributed by atoms with Gasteiger partial charge in [-0.15, -0.1) is 0 Å². The Balaban J connectivity index is 2.14. The Kier molecular flexibility index (Phi) is 5.85. The van der Waals surface area contributed by atoms with E-state index in [2.05, 4.69) is 5.10 Å². The second-order valence-electron chi connectivity index (χ2n) is 7.26. The molecule has 0 fully saturated rings. The number of rotatable bonds is 5. The highest BCUT2D eigenvalue weighted by atomic mass is 16.6. The van der Waals surface area contributed by atoms with Crippen LogP contribution in [0.1, 0.15) is 53.6 Å². The van der Waals surface area contributed by atoms with Crippen molar-refractivity contribution in [3.63, 3.8) is 0 Å². The molecule has 0 amide bonds. The zero-order chi connectivity index (χ0) is 19.5. The molecule has 0 saturated heterocycles. The maximum Gasteiger partial charge on any atom is 0.337 e. The maximum atomic E-state index is 12.1. The van der Waals surface area contributed by atoms with E-state index in [1.807, 2.05) is 51.4 Å². The number of esters is 2. The van der Waals surface area contributed by atoms with Gasteiger partial charge in [0.25, 0.3) is 0 Å². The Hall–Kier alpha value is -2.63. The summed E-state index contributed by atoms with van der Waals surface area (Å²) in [5.41, 5.74) is 3.66. The van der Waals surface area contributed by atoms with Crippen molar-refractivity contribution < 1.29 is 19.1 Å². The third-order valence-corrected chi connectivity index (χ3v) is 3.98. The lowest BCUT2D eigenvalue weighted by molar-refractivity contribution is -0.153. The molecule has 6 heteroatoms. The Morgan fingerprint density at radius 1 is 1.12 bits per heavy atom. The SMILES string of the molecule is COC(=O)c1ccc(Cn2nc(C)c(CC(=O)OC(C)(C)C)c2C)cc1. The molecule has 0 saturated carbocycles. The van der Waals surface area contributed by atoms with Crippen molar-refractivity contribution in [2.45, 2.75) is 53.2 Å². The van der Waals surface area contributed by atoms with E-state index in [0.717, 1.165) is 22.5 Å². The van der Waals surface area contributed by atoms with Crippen LogP contribution in [0.15, 0.2) is 24.3 Å². The number of nitrogens with zero attached hydrogens (tertiary/aromatic N) is 2. The molecule has 0 spiro atoms. The van der Waals surface area contributed by atoms with Crippen LogP contribution in [0.25, 0.3) is 0 Å². The van der Waals surface area contributed by atoms with E-state index in [1.54, 1.807) is 12.1 Å². The van der Waals surface area contributed by atoms with Gasteiger partial charge in [-0.1, -0.05) is 12.1 Å². The number of aromatic nitrogens is 2. The summed E-state index contributed by atoms with van der Waals surface area (Å²) in [5.74, 6) is -0.618. The molecule has 26 heavy (non-hydrogen) atoms. The van der Waals surface area contributed by atoms with Crippen LogP contribution in [0.4, 0.5) is 0 Å². The lowest BCUT2D eigenvalue weighted by atomic mass is 10.1. The minimum atomic E-state index is -0.504. The van der Waals surface area contributed by atoms with Gasteiger partial charge in [0.1, 0.15) is 5.60 Å². The van der Waals surface area contributed by atoms with Crippen molar-refractivity contribution in [2.75, 3.05) is 7.11 Å². The monoisotopic (exact) mass is 358 g/mol. The Labute approximate surface area is 154 Å². The average molecular weight is 358 g/mol. The molecule has 0 unspecified atom stereocenters. The Morgan fingerprint density at radius 2 is 1.73 bits per heavy atom. The standard InChI is InChI=1S/C20H26N2O4/c1-13-17(11-18(23)26-20(3,4)5)14(2)22(21-13)12-15-7-9-16(10-8-15)19(24)25-6/h7-10H,11-12H2,1-6H3. The predicted molar refractivity (Wildman–Crippen MR) is 98.1 cm³/mol. The molecular weight excluding hydrogens is 332 g/mol. The molecule has 1 aromatic heterocycles. The highest BCUT2D eigenvalue weighted by molar-refractivity contribution is 5.89. The van der Waals surface area contributed by atoms with Crippen LogP contribution >= 0.6 is 0 Å². The van der Waals surface area contributed by atoms with Gasteiger partial charge in [-0.25, -0.2) is 4.79 Å². The van der Waals surface area contributed by atoms with Gasteiger partial charge >= 0.3 is 11.9 Å². The summed E-state index contributed by atoms with van der Waals surface area (Å²) in [6.07, 6.45) is 0.205. The van der Waals surface area contributed by atoms with E-state index < -0.39 is 5.60 Å². The van der Waals surface area contributed by atoms with Gasteiger partial charge < -0.3 is 9.47 Å². The molecule has 0 atom stereocenters. The largest absolute Gasteiger partial charge is 0.465 e. The van der Waals surface area contributed by atoms with E-state index in [4.69, 9.17) is 9.47 Å². The van der Waals surface area contributed by atoms with Gasteiger partial charge in [0.15, 0.2) is 0 Å². The second-order valence-corrected chi connectivity index (χ2v) is 7.26. The first kappa shape index (κ1) is 19.7. The minimum Gasteiger partial charge on any atom is -0.465 e. The van der Waals surface area contributed by atoms with Gasteiger partial charge in [0.2, 0.25) is 0 Å². The van der Waals surface area contributed by atoms with Crippen LogP contribution in [-0.4, -0.2) is 34.4 Å². The number of benzene rings is 1. The first-order chi connectivity index (χ1) is 12.1. The molecule has 0 aliphatic carbocycles. The van der Waals surface area contributed by atoms with Crippen molar-refractivity contribution in [2.24, 2.45) is 0 Å². The summed E-state index contributed by atoms with van der Waals surface area (Å²) in [5, 5.41) is 4.55. The van der Waals surface area contributed by atoms with E-state index in [1.165, 1.54) is 7.11 Å². The van der Waals surface area contributed by atoms with Crippen LogP contribution in [0.3, 0.4) is 0 Å². The molecule has 0 bridgehead atoms. The van der Waals surface area contributed by atoms with Crippen molar-refractivity contribution in [3.05, 3.63) is 52.3 Å². The van der Waals surface area contributed by atoms with Crippen LogP contribution in [0.5, 0.6) is 0 Å². The van der Waals surface area contributed by atoms with Crippen LogP contribution in [0, 0.1) is 13.8 Å². The van der Waals surface area contributed by atoms with Gasteiger partial charge in [-0.3, -0.25) is 9.48 Å². The molecule has 0 aliphatic rings. The second kappa shape index (κ2) is 7.72. The lowest BCUT2D eigenvalue weighted by Crippen LogP contribution is -2.25. The minimum absolute atomic E-state index is 0.205. The fourth-order valence-electron chi connectivity index (χ4n) is 2.70. The predicted octanol–water partition coefficient (Wildman–Crippen LogP) is 3.22. The third kappa shape index (κ3) is 4.94. The van der Waals surface area contributed by atoms with Crippen LogP contribution in [0.2, 0.25) is 0 Å². The number of hydrogen-bond acceptors (Lipinski definition) is 5. The van der Waals surface area contributed by atoms with E-state index in [0.29, 0.717) is 12.1 Å². The summed E-state index contributed by atoms with van der Waals surface area (Å²) in [7, 11) is 1.36. The topological polar surface area (TPSA) is 70.4 Å². The first-order valence-electron chi connectivity index (χ1n) is 8.52. The number of hydrogen-bond donors (Lipinski definition) is 0. The number of aryl methyl sites for hydroxylation is 1. The van der Waals surface area contributed by atoms with Crippen molar-refractivity contribution in [1.82, 2.24) is 9.78 Å². The molecule has 0 radical (unpaired) electrons. The molecule has 1 heterocycles. The van der Waals surface area contributed by atoms with Gasteiger partial charge in [-0.2, -0.15) is 5.10 Å². The van der Waals surface area contributed by atoms with Gasteiger partial charge in [-0.05, 0) is 52.3 Å². The average Bonchev–Trinajstić information content (AvgIpc) is 2.80. The van der Waals surface area contributed by atoms with Crippen LogP contribution < -0.4 is 0 Å². The quantitative estimate of drug-likeness (QED) is 0.768. The number of ether oxygens (including phenoxy) is 2. The first-order valence-corrected chi connectivity index (χ1v) is 8.52. The molecular formula is C20H26N2O4. The van der Waals surface area contributed by atoms with Crippen LogP contribution in [-0.2, 0) is 27.2 Å². The number of carbonyl (C=O) groups excluding carboxylic acids is 2. The van der Waals surface area contributed by atoms with Crippen molar-refractivity contribution >= 4 is 11.9 Å². The summed E-state index contributed by atoms with van der Waals surface area (Å²) < 4.78 is 12.0. The zero-order valence-electron chi connectivity index (χ0n) is 16.3. The number of methoxy groups -OCH3 is 1. The van der Waals surface area contributed by atoms with Crippen molar-refractivity contribution in [3.8, 4) is 0 Å². The lowest BCUT2D eigenvalue weighted by Gasteiger charge is -2.19. The highest BCUT2D eigenvalue weighted by Crippen LogP contribution is 2.18.